The van der Waals surface area contributed by atoms with E-state index in [0.29, 0.717) is 23.6 Å². The highest BCUT2D eigenvalue weighted by molar-refractivity contribution is 7.99. The van der Waals surface area contributed by atoms with Crippen molar-refractivity contribution in [3.8, 4) is 0 Å². The van der Waals surface area contributed by atoms with Crippen molar-refractivity contribution in [2.24, 2.45) is 0 Å². The van der Waals surface area contributed by atoms with Crippen LogP contribution in [-0.4, -0.2) is 43.5 Å². The number of nitrogens with one attached hydrogen (secondary N) is 1. The Morgan fingerprint density at radius 2 is 1.81 bits per heavy atom. The largest absolute Gasteiger partial charge is 0.310 e. The van der Waals surface area contributed by atoms with E-state index in [-0.39, 0.29) is 0 Å². The van der Waals surface area contributed by atoms with E-state index in [0.717, 1.165) is 18.1 Å². The summed E-state index contributed by atoms with van der Waals surface area (Å²) in [6.07, 6.45) is 7.67. The Kier molecular flexibility index (Phi) is 4.19. The van der Waals surface area contributed by atoms with E-state index in [9.17, 15) is 8.42 Å². The molecule has 0 aromatic rings. The molecule has 1 saturated carbocycles. The lowest BCUT2D eigenvalue weighted by Gasteiger charge is -2.29. The fraction of sp³-hybridized carbons (Fsp3) is 1.00. The summed E-state index contributed by atoms with van der Waals surface area (Å²) in [7, 11) is -2.71. The molecule has 2 unspecified atom stereocenters. The first-order valence-corrected chi connectivity index (χ1v) is 9.21. The molecular weight excluding hydrogens is 242 g/mol. The van der Waals surface area contributed by atoms with Gasteiger partial charge in [0.2, 0.25) is 0 Å². The normalized spacial score (nSPS) is 35.3. The van der Waals surface area contributed by atoms with Gasteiger partial charge in [0.1, 0.15) is 9.84 Å². The molecule has 0 spiro atoms. The first-order valence-electron chi connectivity index (χ1n) is 6.10. The SMILES string of the molecule is CSC1CCCC1NC1CCS(=O)(=O)CC1. The Morgan fingerprint density at radius 1 is 1.12 bits per heavy atom. The van der Waals surface area contributed by atoms with Gasteiger partial charge in [-0.25, -0.2) is 8.42 Å². The summed E-state index contributed by atoms with van der Waals surface area (Å²) in [5.74, 6) is 0.753. The third kappa shape index (κ3) is 3.14. The molecule has 16 heavy (non-hydrogen) atoms. The van der Waals surface area contributed by atoms with E-state index in [1.54, 1.807) is 0 Å². The van der Waals surface area contributed by atoms with Gasteiger partial charge in [-0.05, 0) is 31.9 Å². The maximum absolute atomic E-state index is 11.3. The second-order valence-corrected chi connectivity index (χ2v) is 8.28. The number of sulfone groups is 1. The van der Waals surface area contributed by atoms with Gasteiger partial charge in [0.05, 0.1) is 11.5 Å². The molecule has 0 aromatic carbocycles. The molecule has 94 valence electrons. The highest BCUT2D eigenvalue weighted by atomic mass is 32.2. The topological polar surface area (TPSA) is 46.2 Å². The molecule has 1 saturated heterocycles. The van der Waals surface area contributed by atoms with Gasteiger partial charge in [-0.1, -0.05) is 6.42 Å². The summed E-state index contributed by atoms with van der Waals surface area (Å²) in [6, 6.07) is 1.04. The van der Waals surface area contributed by atoms with E-state index in [1.807, 2.05) is 11.8 Å². The lowest BCUT2D eigenvalue weighted by molar-refractivity contribution is 0.405. The van der Waals surface area contributed by atoms with E-state index in [4.69, 9.17) is 0 Å². The first kappa shape index (κ1) is 12.7. The third-order valence-electron chi connectivity index (χ3n) is 3.76. The number of rotatable bonds is 3. The molecular formula is C11H21NO2S2. The molecule has 2 rings (SSSR count). The van der Waals surface area contributed by atoms with Crippen molar-refractivity contribution in [2.45, 2.75) is 49.4 Å². The number of hydrogen-bond acceptors (Lipinski definition) is 4. The van der Waals surface area contributed by atoms with Crippen LogP contribution in [0.15, 0.2) is 0 Å². The molecule has 0 radical (unpaired) electrons. The zero-order chi connectivity index (χ0) is 11.6. The molecule has 1 aliphatic heterocycles. The third-order valence-corrected chi connectivity index (χ3v) is 6.64. The molecule has 2 fully saturated rings. The van der Waals surface area contributed by atoms with Crippen LogP contribution in [0.5, 0.6) is 0 Å². The van der Waals surface area contributed by atoms with Crippen LogP contribution in [0.25, 0.3) is 0 Å². The zero-order valence-electron chi connectivity index (χ0n) is 9.81. The van der Waals surface area contributed by atoms with Crippen LogP contribution in [0.4, 0.5) is 0 Å². The monoisotopic (exact) mass is 263 g/mol. The van der Waals surface area contributed by atoms with Crippen LogP contribution >= 0.6 is 11.8 Å². The molecule has 5 heteroatoms. The maximum Gasteiger partial charge on any atom is 0.150 e. The van der Waals surface area contributed by atoms with Gasteiger partial charge in [-0.2, -0.15) is 11.8 Å². The van der Waals surface area contributed by atoms with Gasteiger partial charge in [0.15, 0.2) is 0 Å². The van der Waals surface area contributed by atoms with Crippen molar-refractivity contribution in [3.63, 3.8) is 0 Å². The van der Waals surface area contributed by atoms with E-state index in [1.165, 1.54) is 19.3 Å². The minimum Gasteiger partial charge on any atom is -0.310 e. The molecule has 3 nitrogen and oxygen atoms in total. The Bertz CT molecular complexity index is 315. The van der Waals surface area contributed by atoms with E-state index < -0.39 is 9.84 Å². The minimum absolute atomic E-state index is 0.376. The Balaban J connectivity index is 1.82. The number of hydrogen-bond donors (Lipinski definition) is 1. The second-order valence-electron chi connectivity index (χ2n) is 4.90. The predicted octanol–water partition coefficient (Wildman–Crippen LogP) is 1.44. The van der Waals surface area contributed by atoms with Gasteiger partial charge in [-0.3, -0.25) is 0 Å². The van der Waals surface area contributed by atoms with Crippen LogP contribution in [0.1, 0.15) is 32.1 Å². The molecule has 1 heterocycles. The van der Waals surface area contributed by atoms with Crippen molar-refractivity contribution in [3.05, 3.63) is 0 Å². The summed E-state index contributed by atoms with van der Waals surface area (Å²) in [6.45, 7) is 0. The fourth-order valence-corrected chi connectivity index (χ4v) is 5.20. The average molecular weight is 263 g/mol. The summed E-state index contributed by atoms with van der Waals surface area (Å²) in [4.78, 5) is 0. The van der Waals surface area contributed by atoms with Gasteiger partial charge < -0.3 is 5.32 Å². The molecule has 1 N–H and O–H groups in total. The van der Waals surface area contributed by atoms with Crippen molar-refractivity contribution in [1.29, 1.82) is 0 Å². The second kappa shape index (κ2) is 5.27. The molecule has 0 bridgehead atoms. The Morgan fingerprint density at radius 3 is 2.44 bits per heavy atom. The van der Waals surface area contributed by atoms with Crippen molar-refractivity contribution < 1.29 is 8.42 Å². The van der Waals surface area contributed by atoms with Crippen LogP contribution in [0.2, 0.25) is 0 Å². The van der Waals surface area contributed by atoms with Crippen molar-refractivity contribution in [1.82, 2.24) is 5.32 Å². The fourth-order valence-electron chi connectivity index (χ4n) is 2.76. The standard InChI is InChI=1S/C11H21NO2S2/c1-15-11-4-2-3-10(11)12-9-5-7-16(13,14)8-6-9/h9-12H,2-8H2,1H3. The lowest BCUT2D eigenvalue weighted by Crippen LogP contribution is -2.45. The lowest BCUT2D eigenvalue weighted by atomic mass is 10.1. The number of thioether (sulfide) groups is 1. The van der Waals surface area contributed by atoms with Crippen molar-refractivity contribution >= 4 is 21.6 Å². The zero-order valence-corrected chi connectivity index (χ0v) is 11.4. The van der Waals surface area contributed by atoms with Gasteiger partial charge in [0, 0.05) is 17.3 Å². The van der Waals surface area contributed by atoms with Gasteiger partial charge in [0.25, 0.3) is 0 Å². The predicted molar refractivity (Wildman–Crippen MR) is 69.8 cm³/mol. The van der Waals surface area contributed by atoms with Gasteiger partial charge in [-0.15, -0.1) is 0 Å². The summed E-state index contributed by atoms with van der Waals surface area (Å²) >= 11 is 1.95. The molecule has 2 atom stereocenters. The first-order chi connectivity index (χ1) is 7.61. The van der Waals surface area contributed by atoms with Gasteiger partial charge >= 0.3 is 0 Å². The highest BCUT2D eigenvalue weighted by Crippen LogP contribution is 2.29. The molecule has 1 aliphatic carbocycles. The summed E-state index contributed by atoms with van der Waals surface area (Å²) in [5, 5.41) is 4.41. The smallest absolute Gasteiger partial charge is 0.150 e. The Hall–Kier alpha value is 0.260. The van der Waals surface area contributed by atoms with Crippen LogP contribution in [-0.2, 0) is 9.84 Å². The van der Waals surface area contributed by atoms with Crippen LogP contribution in [0.3, 0.4) is 0 Å². The molecule has 0 amide bonds. The summed E-state index contributed by atoms with van der Waals surface area (Å²) in [5.41, 5.74) is 0. The quantitative estimate of drug-likeness (QED) is 0.837. The van der Waals surface area contributed by atoms with E-state index >= 15 is 0 Å². The summed E-state index contributed by atoms with van der Waals surface area (Å²) < 4.78 is 22.6. The maximum atomic E-state index is 11.3. The Labute approximate surface area is 103 Å². The molecule has 2 aliphatic rings. The van der Waals surface area contributed by atoms with Crippen LogP contribution < -0.4 is 5.32 Å². The molecule has 0 aromatic heterocycles. The average Bonchev–Trinajstić information content (AvgIpc) is 2.68. The van der Waals surface area contributed by atoms with E-state index in [2.05, 4.69) is 11.6 Å². The van der Waals surface area contributed by atoms with Crippen LogP contribution in [0, 0.1) is 0 Å². The van der Waals surface area contributed by atoms with Crippen molar-refractivity contribution in [2.75, 3.05) is 17.8 Å². The highest BCUT2D eigenvalue weighted by Gasteiger charge is 2.30. The minimum atomic E-state index is -2.71.